The average Bonchev–Trinajstić information content (AvgIpc) is 3.56. The Morgan fingerprint density at radius 1 is 0.456 bits per heavy atom. The van der Waals surface area contributed by atoms with Crippen LogP contribution in [-0.2, 0) is 23.7 Å². The van der Waals surface area contributed by atoms with E-state index in [9.17, 15) is 51.1 Å². The lowest BCUT2D eigenvalue weighted by atomic mass is 9.84. The first kappa shape index (κ1) is 73.7. The van der Waals surface area contributed by atoms with E-state index in [4.69, 9.17) is 23.7 Å². The number of rotatable bonds is 53. The van der Waals surface area contributed by atoms with Crippen LogP contribution in [0.15, 0.2) is 24.7 Å². The first-order chi connectivity index (χ1) is 38.3. The molecule has 12 atom stereocenters. The van der Waals surface area contributed by atoms with Gasteiger partial charge in [0, 0.05) is 12.8 Å². The number of unbranched alkanes of at least 4 members (excludes halogenated alkanes) is 38. The van der Waals surface area contributed by atoms with E-state index in [1.54, 1.807) is 6.08 Å². The van der Waals surface area contributed by atoms with Crippen LogP contribution >= 0.6 is 0 Å². The normalized spacial score (nSPS) is 27.3. The van der Waals surface area contributed by atoms with Crippen molar-refractivity contribution in [2.75, 3.05) is 19.8 Å². The molecule has 10 N–H and O–H groups in total. The molecule has 0 aromatic rings. The quantitative estimate of drug-likeness (QED) is 0.0155. The first-order valence-electron chi connectivity index (χ1n) is 32.6. The summed E-state index contributed by atoms with van der Waals surface area (Å²) in [5.41, 5.74) is 0. The summed E-state index contributed by atoms with van der Waals surface area (Å²) >= 11 is 0. The molecule has 0 aliphatic carbocycles. The van der Waals surface area contributed by atoms with Gasteiger partial charge in [0.1, 0.15) is 43.2 Å². The second kappa shape index (κ2) is 45.9. The second-order valence-electron chi connectivity index (χ2n) is 23.8. The lowest BCUT2D eigenvalue weighted by Gasteiger charge is -2.57. The van der Waals surface area contributed by atoms with E-state index < -0.39 is 98.4 Å². The van der Waals surface area contributed by atoms with Crippen LogP contribution in [0, 0.1) is 0 Å². The van der Waals surface area contributed by atoms with E-state index in [0.29, 0.717) is 6.42 Å². The lowest BCUT2D eigenvalue weighted by molar-refractivity contribution is -0.483. The lowest BCUT2D eigenvalue weighted by Crippen LogP contribution is -2.77. The summed E-state index contributed by atoms with van der Waals surface area (Å²) in [6, 6.07) is 0. The van der Waals surface area contributed by atoms with Crippen LogP contribution in [-0.4, -0.2) is 143 Å². The third kappa shape index (κ3) is 30.3. The second-order valence-corrected chi connectivity index (χ2v) is 23.8. The van der Waals surface area contributed by atoms with Crippen molar-refractivity contribution in [2.24, 2.45) is 0 Å². The van der Waals surface area contributed by atoms with Gasteiger partial charge in [-0.3, -0.25) is 0 Å². The van der Waals surface area contributed by atoms with Gasteiger partial charge in [-0.05, 0) is 44.8 Å². The van der Waals surface area contributed by atoms with Gasteiger partial charge in [0.05, 0.1) is 37.9 Å². The fourth-order valence-electron chi connectivity index (χ4n) is 11.4. The van der Waals surface area contributed by atoms with E-state index in [1.165, 1.54) is 219 Å². The van der Waals surface area contributed by atoms with Crippen LogP contribution in [0.5, 0.6) is 0 Å². The Hall–Kier alpha value is -1.44. The molecule has 0 aromatic carbocycles. The van der Waals surface area contributed by atoms with Crippen LogP contribution < -0.4 is 0 Å². The van der Waals surface area contributed by atoms with Gasteiger partial charge >= 0.3 is 0 Å². The monoisotopic (exact) mass is 1130 g/mol. The molecule has 2 rings (SSSR count). The summed E-state index contributed by atoms with van der Waals surface area (Å²) < 4.78 is 29.1. The van der Waals surface area contributed by atoms with Gasteiger partial charge in [-0.25, -0.2) is 0 Å². The Balaban J connectivity index is 1.82. The molecular formula is C64H122O15. The van der Waals surface area contributed by atoms with Crippen LogP contribution in [0.25, 0.3) is 0 Å². The molecule has 2 unspecified atom stereocenters. The Morgan fingerprint density at radius 2 is 0.810 bits per heavy atom. The third-order valence-electron chi connectivity index (χ3n) is 16.4. The highest BCUT2D eigenvalue weighted by molar-refractivity contribution is 5.08. The van der Waals surface area contributed by atoms with E-state index >= 15 is 0 Å². The highest BCUT2D eigenvalue weighted by Gasteiger charge is 2.70. The molecule has 0 aromatic heterocycles. The predicted molar refractivity (Wildman–Crippen MR) is 314 cm³/mol. The van der Waals surface area contributed by atoms with Gasteiger partial charge in [0.15, 0.2) is 11.9 Å². The molecule has 2 fully saturated rings. The molecule has 0 saturated carbocycles. The third-order valence-corrected chi connectivity index (χ3v) is 16.4. The van der Waals surface area contributed by atoms with Crippen molar-refractivity contribution in [3.63, 3.8) is 0 Å². The average molecular weight is 1130 g/mol. The van der Waals surface area contributed by atoms with Crippen molar-refractivity contribution < 1.29 is 74.7 Å². The standard InChI is InChI=1S/C64H122O15/c1-4-6-8-10-12-14-16-18-20-22-24-26-27-29-31-33-35-37-39-41-43-45-47-76-64(74)60(71)58(70)56(51-66)78-63(64,48-53(3)67)79-59-57(69)55(50-65)77-62(73,61(59)72)49-54(68)52-75-46-44-42-40-38-36-34-32-30-28-25-23-21-19-17-15-13-11-9-7-5-2/h44-47,53-61,65-74H,4-43,48-52H2,1-3H3/t53?,54?,55-,56-,57+,58+,59+,60+,61-,62-,63+,64+/m1/s1. The summed E-state index contributed by atoms with van der Waals surface area (Å²) in [4.78, 5) is 0. The molecular weight excluding hydrogens is 1010 g/mol. The van der Waals surface area contributed by atoms with Crippen molar-refractivity contribution >= 4 is 0 Å². The summed E-state index contributed by atoms with van der Waals surface area (Å²) in [7, 11) is 0. The van der Waals surface area contributed by atoms with Crippen molar-refractivity contribution in [1.82, 2.24) is 0 Å². The Bertz CT molecular complexity index is 1460. The molecule has 79 heavy (non-hydrogen) atoms. The highest BCUT2D eigenvalue weighted by atomic mass is 16.8. The van der Waals surface area contributed by atoms with E-state index in [0.717, 1.165) is 51.2 Å². The molecule has 2 saturated heterocycles. The number of aliphatic hydroxyl groups is 10. The zero-order valence-electron chi connectivity index (χ0n) is 50.3. The number of aliphatic hydroxyl groups excluding tert-OH is 8. The minimum Gasteiger partial charge on any atom is -0.499 e. The summed E-state index contributed by atoms with van der Waals surface area (Å²) in [5.74, 6) is -8.47. The number of hydrogen-bond acceptors (Lipinski definition) is 15. The summed E-state index contributed by atoms with van der Waals surface area (Å²) in [5, 5.41) is 112. The summed E-state index contributed by atoms with van der Waals surface area (Å²) in [6.07, 6.45) is 38.6. The highest BCUT2D eigenvalue weighted by Crippen LogP contribution is 2.47. The van der Waals surface area contributed by atoms with Crippen molar-refractivity contribution in [2.45, 2.75) is 363 Å². The van der Waals surface area contributed by atoms with E-state index in [1.807, 2.05) is 6.08 Å². The molecule has 468 valence electrons. The van der Waals surface area contributed by atoms with Crippen LogP contribution in [0.1, 0.15) is 290 Å². The maximum Gasteiger partial charge on any atom is 0.291 e. The van der Waals surface area contributed by atoms with Gasteiger partial charge < -0.3 is 74.7 Å². The van der Waals surface area contributed by atoms with Crippen LogP contribution in [0.4, 0.5) is 0 Å². The number of hydrogen-bond donors (Lipinski definition) is 10. The minimum absolute atomic E-state index is 0.303. The molecule has 0 spiro atoms. The number of allylic oxidation sites excluding steroid dienone is 2. The molecule has 0 radical (unpaired) electrons. The van der Waals surface area contributed by atoms with Gasteiger partial charge in [0.25, 0.3) is 5.79 Å². The zero-order valence-corrected chi connectivity index (χ0v) is 50.3. The van der Waals surface area contributed by atoms with E-state index in [-0.39, 0.29) is 6.61 Å². The molecule has 2 aliphatic heterocycles. The Morgan fingerprint density at radius 3 is 1.18 bits per heavy atom. The van der Waals surface area contributed by atoms with Crippen LogP contribution in [0.2, 0.25) is 0 Å². The molecule has 0 bridgehead atoms. The first-order valence-corrected chi connectivity index (χ1v) is 32.6. The zero-order chi connectivity index (χ0) is 57.9. The van der Waals surface area contributed by atoms with Gasteiger partial charge in [0.2, 0.25) is 5.79 Å². The van der Waals surface area contributed by atoms with E-state index in [2.05, 4.69) is 13.8 Å². The van der Waals surface area contributed by atoms with Crippen LogP contribution in [0.3, 0.4) is 0 Å². The Labute approximate surface area is 480 Å². The smallest absolute Gasteiger partial charge is 0.291 e. The molecule has 2 aliphatic rings. The number of ether oxygens (including phenoxy) is 5. The topological polar surface area (TPSA) is 248 Å². The molecule has 15 heteroatoms. The van der Waals surface area contributed by atoms with Gasteiger partial charge in [-0.1, -0.05) is 245 Å². The maximum atomic E-state index is 12.3. The fourth-order valence-corrected chi connectivity index (χ4v) is 11.4. The summed E-state index contributed by atoms with van der Waals surface area (Å²) in [6.45, 7) is 3.76. The predicted octanol–water partition coefficient (Wildman–Crippen LogP) is 11.9. The van der Waals surface area contributed by atoms with Gasteiger partial charge in [-0.2, -0.15) is 0 Å². The molecule has 15 nitrogen and oxygen atoms in total. The molecule has 2 heterocycles. The van der Waals surface area contributed by atoms with Crippen molar-refractivity contribution in [3.8, 4) is 0 Å². The van der Waals surface area contributed by atoms with Gasteiger partial charge in [-0.15, -0.1) is 0 Å². The largest absolute Gasteiger partial charge is 0.499 e. The maximum absolute atomic E-state index is 12.3. The van der Waals surface area contributed by atoms with Crippen molar-refractivity contribution in [3.05, 3.63) is 24.7 Å². The SMILES string of the molecule is CCCCCCCCCCCCCCCCCCCCC=COCC(O)C[C@@]1(O)O[C@H](CO)[C@H](O)[C@H](O[C@]2(CC(C)O)O[C@H](CO)[C@H](O)[C@H](O)[C@]2(O)OC=CCCCCCCCCCCCCCCCCCCCCCC)[C@H]1O. The minimum atomic E-state index is -3.05. The fraction of sp³-hybridized carbons (Fsp3) is 0.938. The Kier molecular flexibility index (Phi) is 42.8. The van der Waals surface area contributed by atoms with Crippen molar-refractivity contribution in [1.29, 1.82) is 0 Å². The molecule has 0 amide bonds.